The van der Waals surface area contributed by atoms with E-state index in [1.807, 2.05) is 36.4 Å². The maximum atomic E-state index is 12.3. The summed E-state index contributed by atoms with van der Waals surface area (Å²) in [6, 6.07) is 13.3. The second-order valence-corrected chi connectivity index (χ2v) is 9.21. The molecule has 1 aromatic heterocycles. The fourth-order valence-electron chi connectivity index (χ4n) is 4.06. The number of carbonyl (C=O) groups is 1. The second kappa shape index (κ2) is 9.92. The third-order valence-electron chi connectivity index (χ3n) is 5.99. The summed E-state index contributed by atoms with van der Waals surface area (Å²) in [6.07, 6.45) is 3.13. The number of halogens is 1. The van der Waals surface area contributed by atoms with Gasteiger partial charge < -0.3 is 10.0 Å². The molecular formula is C24H25IN4O4. The number of nitrogens with zero attached hydrogens (tertiary/aromatic N) is 3. The summed E-state index contributed by atoms with van der Waals surface area (Å²) >= 11 is 2.17. The standard InChI is InChI=1S/C24H25IN4O4/c1-28(33-2)24(32)15-9-11-29(12-10-15)18-6-4-17(5-7-18)26-14-21-20-13-16(25)3-8-19(20)22(30)27-23(21)31/h3-8,13-15H,9-12H2,1-2H3,(H2,27,30,31). The summed E-state index contributed by atoms with van der Waals surface area (Å²) in [7, 11) is 3.14. The number of hydroxylamine groups is 2. The van der Waals surface area contributed by atoms with E-state index in [0.717, 1.165) is 40.9 Å². The first kappa shape index (κ1) is 23.2. The topological polar surface area (TPSA) is 98.2 Å². The number of hydrogen-bond donors (Lipinski definition) is 2. The smallest absolute Gasteiger partial charge is 0.258 e. The summed E-state index contributed by atoms with van der Waals surface area (Å²) in [5.41, 5.74) is 1.95. The average molecular weight is 560 g/mol. The minimum absolute atomic E-state index is 0.0158. The quantitative estimate of drug-likeness (QED) is 0.281. The van der Waals surface area contributed by atoms with E-state index in [-0.39, 0.29) is 23.3 Å². The van der Waals surface area contributed by atoms with Crippen molar-refractivity contribution in [2.24, 2.45) is 10.9 Å². The first-order chi connectivity index (χ1) is 15.9. The van der Waals surface area contributed by atoms with Crippen molar-refractivity contribution in [3.8, 4) is 5.88 Å². The number of pyridine rings is 1. The molecule has 4 rings (SSSR count). The third kappa shape index (κ3) is 5.03. The van der Waals surface area contributed by atoms with Crippen molar-refractivity contribution in [3.63, 3.8) is 0 Å². The Bertz CT molecular complexity index is 1250. The number of aromatic nitrogens is 1. The molecule has 0 radical (unpaired) electrons. The Morgan fingerprint density at radius 2 is 1.91 bits per heavy atom. The number of piperidine rings is 1. The number of fused-ring (bicyclic) bond motifs is 1. The number of benzene rings is 2. The highest BCUT2D eigenvalue weighted by Crippen LogP contribution is 2.27. The molecule has 0 aliphatic carbocycles. The van der Waals surface area contributed by atoms with Crippen LogP contribution >= 0.6 is 22.6 Å². The molecule has 1 aliphatic rings. The van der Waals surface area contributed by atoms with Gasteiger partial charge in [-0.15, -0.1) is 0 Å². The average Bonchev–Trinajstić information content (AvgIpc) is 2.83. The van der Waals surface area contributed by atoms with Gasteiger partial charge in [0.05, 0.1) is 18.4 Å². The number of rotatable bonds is 5. The van der Waals surface area contributed by atoms with Gasteiger partial charge in [-0.25, -0.2) is 5.06 Å². The van der Waals surface area contributed by atoms with Crippen molar-refractivity contribution in [2.45, 2.75) is 12.8 Å². The van der Waals surface area contributed by atoms with E-state index < -0.39 is 0 Å². The largest absolute Gasteiger partial charge is 0.494 e. The summed E-state index contributed by atoms with van der Waals surface area (Å²) in [6.45, 7) is 1.60. The molecule has 33 heavy (non-hydrogen) atoms. The van der Waals surface area contributed by atoms with E-state index in [1.165, 1.54) is 12.2 Å². The van der Waals surface area contributed by atoms with Crippen molar-refractivity contribution in [1.82, 2.24) is 10.0 Å². The van der Waals surface area contributed by atoms with Crippen LogP contribution in [0.2, 0.25) is 0 Å². The first-order valence-corrected chi connectivity index (χ1v) is 11.7. The van der Waals surface area contributed by atoms with E-state index in [0.29, 0.717) is 16.3 Å². The van der Waals surface area contributed by atoms with Crippen LogP contribution in [0.15, 0.2) is 52.3 Å². The van der Waals surface area contributed by atoms with Gasteiger partial charge in [0, 0.05) is 52.3 Å². The lowest BCUT2D eigenvalue weighted by Crippen LogP contribution is -2.40. The predicted octanol–water partition coefficient (Wildman–Crippen LogP) is 3.83. The molecule has 1 aliphatic heterocycles. The number of anilines is 1. The summed E-state index contributed by atoms with van der Waals surface area (Å²) in [5.74, 6) is -0.195. The van der Waals surface area contributed by atoms with E-state index >= 15 is 0 Å². The molecule has 3 aromatic rings. The first-order valence-electron chi connectivity index (χ1n) is 10.6. The van der Waals surface area contributed by atoms with Gasteiger partial charge >= 0.3 is 0 Å². The number of carbonyl (C=O) groups excluding carboxylic acids is 1. The van der Waals surface area contributed by atoms with Crippen LogP contribution in [0.1, 0.15) is 18.4 Å². The molecule has 0 bridgehead atoms. The number of aromatic hydroxyl groups is 1. The van der Waals surface area contributed by atoms with E-state index in [1.54, 1.807) is 19.3 Å². The maximum Gasteiger partial charge on any atom is 0.258 e. The predicted molar refractivity (Wildman–Crippen MR) is 137 cm³/mol. The van der Waals surface area contributed by atoms with Gasteiger partial charge in [-0.05, 0) is 77.9 Å². The van der Waals surface area contributed by atoms with Gasteiger partial charge in [-0.2, -0.15) is 0 Å². The zero-order valence-corrected chi connectivity index (χ0v) is 20.6. The van der Waals surface area contributed by atoms with Gasteiger partial charge in [0.25, 0.3) is 5.56 Å². The molecule has 0 saturated carbocycles. The van der Waals surface area contributed by atoms with Crippen molar-refractivity contribution in [3.05, 3.63) is 62.0 Å². The minimum Gasteiger partial charge on any atom is -0.494 e. The van der Waals surface area contributed by atoms with E-state index in [9.17, 15) is 14.7 Å². The van der Waals surface area contributed by atoms with Crippen LogP contribution in [-0.2, 0) is 9.63 Å². The molecule has 1 amide bonds. The molecule has 2 aromatic carbocycles. The van der Waals surface area contributed by atoms with Crippen LogP contribution in [-0.4, -0.2) is 54.5 Å². The summed E-state index contributed by atoms with van der Waals surface area (Å²) < 4.78 is 0.962. The Hall–Kier alpha value is -2.92. The van der Waals surface area contributed by atoms with Gasteiger partial charge in [-0.3, -0.25) is 24.4 Å². The molecule has 8 nitrogen and oxygen atoms in total. The molecule has 1 fully saturated rings. The van der Waals surface area contributed by atoms with Crippen molar-refractivity contribution >= 4 is 56.9 Å². The molecule has 1 saturated heterocycles. The normalized spacial score (nSPS) is 14.8. The second-order valence-electron chi connectivity index (χ2n) is 7.96. The summed E-state index contributed by atoms with van der Waals surface area (Å²) in [5, 5.41) is 12.8. The van der Waals surface area contributed by atoms with Crippen LogP contribution in [0.5, 0.6) is 5.88 Å². The number of nitrogens with one attached hydrogen (secondary N) is 1. The molecule has 0 spiro atoms. The van der Waals surface area contributed by atoms with Crippen molar-refractivity contribution in [1.29, 1.82) is 0 Å². The highest BCUT2D eigenvalue weighted by molar-refractivity contribution is 14.1. The molecular weight excluding hydrogens is 535 g/mol. The van der Waals surface area contributed by atoms with Gasteiger partial charge in [0.15, 0.2) is 0 Å². The number of aliphatic imine (C=N–C) groups is 1. The number of amides is 1. The van der Waals surface area contributed by atoms with Crippen LogP contribution in [0, 0.1) is 9.49 Å². The monoisotopic (exact) mass is 560 g/mol. The van der Waals surface area contributed by atoms with Crippen molar-refractivity contribution in [2.75, 3.05) is 32.1 Å². The minimum atomic E-state index is -0.334. The van der Waals surface area contributed by atoms with Gasteiger partial charge in [0.1, 0.15) is 0 Å². The Morgan fingerprint density at radius 3 is 2.58 bits per heavy atom. The van der Waals surface area contributed by atoms with E-state index in [4.69, 9.17) is 4.84 Å². The molecule has 172 valence electrons. The molecule has 2 heterocycles. The maximum absolute atomic E-state index is 12.3. The number of H-pyrrole nitrogens is 1. The SMILES string of the molecule is CON(C)C(=O)C1CCN(c2ccc(N=Cc3c(O)[nH]c(=O)c4ccc(I)cc34)cc2)CC1. The molecule has 0 unspecified atom stereocenters. The Kier molecular flexibility index (Phi) is 6.99. The van der Waals surface area contributed by atoms with Crippen LogP contribution in [0.25, 0.3) is 10.8 Å². The van der Waals surface area contributed by atoms with Gasteiger partial charge in [-0.1, -0.05) is 0 Å². The van der Waals surface area contributed by atoms with Crippen molar-refractivity contribution < 1.29 is 14.7 Å². The third-order valence-corrected chi connectivity index (χ3v) is 6.66. The Balaban J connectivity index is 1.48. The Morgan fingerprint density at radius 1 is 1.21 bits per heavy atom. The lowest BCUT2D eigenvalue weighted by atomic mass is 9.95. The zero-order chi connectivity index (χ0) is 23.5. The highest BCUT2D eigenvalue weighted by atomic mass is 127. The number of aromatic amines is 1. The number of hydrogen-bond acceptors (Lipinski definition) is 6. The van der Waals surface area contributed by atoms with Crippen LogP contribution < -0.4 is 10.5 Å². The van der Waals surface area contributed by atoms with Crippen LogP contribution in [0.3, 0.4) is 0 Å². The summed E-state index contributed by atoms with van der Waals surface area (Å²) in [4.78, 5) is 38.7. The molecule has 2 N–H and O–H groups in total. The van der Waals surface area contributed by atoms with Crippen LogP contribution in [0.4, 0.5) is 11.4 Å². The lowest BCUT2D eigenvalue weighted by molar-refractivity contribution is -0.174. The fraction of sp³-hybridized carbons (Fsp3) is 0.292. The highest BCUT2D eigenvalue weighted by Gasteiger charge is 2.27. The fourth-order valence-corrected chi connectivity index (χ4v) is 4.55. The van der Waals surface area contributed by atoms with Gasteiger partial charge in [0.2, 0.25) is 11.8 Å². The molecule has 0 atom stereocenters. The lowest BCUT2D eigenvalue weighted by Gasteiger charge is -2.34. The van der Waals surface area contributed by atoms with E-state index in [2.05, 4.69) is 37.5 Å². The Labute approximate surface area is 205 Å². The zero-order valence-electron chi connectivity index (χ0n) is 18.4. The molecule has 9 heteroatoms.